The van der Waals surface area contributed by atoms with Crippen molar-refractivity contribution in [3.05, 3.63) is 95.5 Å². The van der Waals surface area contributed by atoms with Gasteiger partial charge in [-0.1, -0.05) is 23.7 Å². The Morgan fingerprint density at radius 2 is 1.70 bits per heavy atom. The van der Waals surface area contributed by atoms with Gasteiger partial charge in [0.15, 0.2) is 0 Å². The minimum atomic E-state index is -4.96. The summed E-state index contributed by atoms with van der Waals surface area (Å²) in [5.74, 6) is -0.411. The van der Waals surface area contributed by atoms with Crippen LogP contribution in [0.25, 0.3) is 27.5 Å². The zero-order valence-electron chi connectivity index (χ0n) is 16.9. The van der Waals surface area contributed by atoms with E-state index in [2.05, 4.69) is 5.10 Å². The van der Waals surface area contributed by atoms with Crippen LogP contribution in [-0.4, -0.2) is 25.6 Å². The lowest BCUT2D eigenvalue weighted by molar-refractivity contribution is -0.271. The molecule has 0 aliphatic heterocycles. The van der Waals surface area contributed by atoms with Gasteiger partial charge in [-0.15, -0.1) is 0 Å². The molecule has 1 unspecified atom stereocenters. The van der Waals surface area contributed by atoms with Gasteiger partial charge in [-0.05, 0) is 60.2 Å². The lowest BCUT2D eigenvalue weighted by Crippen LogP contribution is -2.45. The molecule has 1 atom stereocenters. The largest absolute Gasteiger partial charge is 0.423 e. The van der Waals surface area contributed by atoms with Gasteiger partial charge in [0, 0.05) is 27.5 Å². The molecule has 0 saturated heterocycles. The zero-order chi connectivity index (χ0) is 23.4. The van der Waals surface area contributed by atoms with Crippen LogP contribution in [0.15, 0.2) is 79.1 Å². The van der Waals surface area contributed by atoms with Crippen LogP contribution in [0.2, 0.25) is 5.02 Å². The van der Waals surface area contributed by atoms with Crippen molar-refractivity contribution in [3.63, 3.8) is 0 Å². The van der Waals surface area contributed by atoms with Crippen molar-refractivity contribution in [2.75, 3.05) is 0 Å². The molecule has 4 nitrogen and oxygen atoms in total. The molecule has 0 saturated carbocycles. The Bertz CT molecular complexity index is 1470. The van der Waals surface area contributed by atoms with Gasteiger partial charge in [-0.2, -0.15) is 18.3 Å². The molecule has 2 aromatic heterocycles. The van der Waals surface area contributed by atoms with Crippen molar-refractivity contribution in [1.82, 2.24) is 14.3 Å². The van der Waals surface area contributed by atoms with E-state index in [1.165, 1.54) is 64.1 Å². The van der Waals surface area contributed by atoms with Gasteiger partial charge in [0.05, 0.1) is 23.9 Å². The van der Waals surface area contributed by atoms with Crippen LogP contribution in [0.1, 0.15) is 5.56 Å². The Morgan fingerprint density at radius 3 is 2.42 bits per heavy atom. The SMILES string of the molecule is OC(Cn1ccc2c(Cl)cccc21)(c1ccc2c(cnn2-c2ccc(F)cc2)c1)C(F)(F)F. The summed E-state index contributed by atoms with van der Waals surface area (Å²) in [6.45, 7) is -0.752. The third kappa shape index (κ3) is 3.55. The molecular formula is C24H16ClF4N3O. The van der Waals surface area contributed by atoms with Crippen molar-refractivity contribution < 1.29 is 22.7 Å². The van der Waals surface area contributed by atoms with Gasteiger partial charge >= 0.3 is 6.18 Å². The van der Waals surface area contributed by atoms with E-state index in [1.807, 2.05) is 0 Å². The quantitative estimate of drug-likeness (QED) is 0.315. The van der Waals surface area contributed by atoms with Crippen LogP contribution in [0, 0.1) is 5.82 Å². The van der Waals surface area contributed by atoms with Gasteiger partial charge in [-0.25, -0.2) is 9.07 Å². The highest BCUT2D eigenvalue weighted by molar-refractivity contribution is 6.35. The van der Waals surface area contributed by atoms with Crippen LogP contribution in [0.4, 0.5) is 17.6 Å². The van der Waals surface area contributed by atoms with Crippen molar-refractivity contribution in [3.8, 4) is 5.69 Å². The van der Waals surface area contributed by atoms with Crippen molar-refractivity contribution >= 4 is 33.4 Å². The van der Waals surface area contributed by atoms with Gasteiger partial charge in [0.25, 0.3) is 0 Å². The lowest BCUT2D eigenvalue weighted by atomic mass is 9.91. The van der Waals surface area contributed by atoms with E-state index in [1.54, 1.807) is 24.3 Å². The number of rotatable bonds is 4. The Hall–Kier alpha value is -3.36. The van der Waals surface area contributed by atoms with Crippen LogP contribution < -0.4 is 0 Å². The van der Waals surface area contributed by atoms with Crippen molar-refractivity contribution in [2.24, 2.45) is 0 Å². The molecule has 2 heterocycles. The first-order valence-electron chi connectivity index (χ1n) is 9.94. The summed E-state index contributed by atoms with van der Waals surface area (Å²) in [5, 5.41) is 16.6. The van der Waals surface area contributed by atoms with E-state index in [0.29, 0.717) is 32.5 Å². The smallest absolute Gasteiger partial charge is 0.375 e. The van der Waals surface area contributed by atoms with E-state index < -0.39 is 24.1 Å². The third-order valence-corrected chi connectivity index (χ3v) is 6.07. The van der Waals surface area contributed by atoms with E-state index in [4.69, 9.17) is 11.6 Å². The predicted octanol–water partition coefficient (Wildman–Crippen LogP) is 6.22. The van der Waals surface area contributed by atoms with Gasteiger partial charge in [-0.3, -0.25) is 0 Å². The fraction of sp³-hybridized carbons (Fsp3) is 0.125. The molecule has 0 aliphatic rings. The first-order chi connectivity index (χ1) is 15.7. The molecule has 168 valence electrons. The molecule has 33 heavy (non-hydrogen) atoms. The number of halogens is 5. The highest BCUT2D eigenvalue weighted by atomic mass is 35.5. The number of aromatic nitrogens is 3. The fourth-order valence-corrected chi connectivity index (χ4v) is 4.23. The van der Waals surface area contributed by atoms with Crippen LogP contribution in [0.3, 0.4) is 0 Å². The topological polar surface area (TPSA) is 43.0 Å². The molecule has 0 spiro atoms. The lowest BCUT2D eigenvalue weighted by Gasteiger charge is -2.32. The summed E-state index contributed by atoms with van der Waals surface area (Å²) in [6, 6.07) is 16.1. The zero-order valence-corrected chi connectivity index (χ0v) is 17.6. The first kappa shape index (κ1) is 21.5. The predicted molar refractivity (Wildman–Crippen MR) is 118 cm³/mol. The molecule has 5 aromatic rings. The van der Waals surface area contributed by atoms with Crippen LogP contribution in [-0.2, 0) is 12.1 Å². The maximum Gasteiger partial charge on any atom is 0.423 e. The summed E-state index contributed by atoms with van der Waals surface area (Å²) >= 11 is 6.15. The van der Waals surface area contributed by atoms with E-state index in [9.17, 15) is 22.7 Å². The third-order valence-electron chi connectivity index (χ3n) is 5.75. The van der Waals surface area contributed by atoms with E-state index in [0.717, 1.165) is 0 Å². The minimum absolute atomic E-state index is 0.315. The normalized spacial score (nSPS) is 14.1. The van der Waals surface area contributed by atoms with Gasteiger partial charge in [0.2, 0.25) is 5.60 Å². The second-order valence-corrected chi connectivity index (χ2v) is 8.19. The van der Waals surface area contributed by atoms with E-state index in [-0.39, 0.29) is 5.56 Å². The standard InChI is InChI=1S/C24H16ClF4N3O/c25-20-2-1-3-22-19(20)10-11-31(22)14-23(33,24(27,28)29)16-4-9-21-15(12-16)13-30-32(21)18-7-5-17(26)6-8-18/h1-13,33H,14H2. The molecule has 3 aromatic carbocycles. The number of benzene rings is 3. The number of alkyl halides is 3. The number of aliphatic hydroxyl groups is 1. The molecule has 5 rings (SSSR count). The highest BCUT2D eigenvalue weighted by Crippen LogP contribution is 2.42. The molecule has 9 heteroatoms. The maximum atomic E-state index is 14.2. The van der Waals surface area contributed by atoms with Gasteiger partial charge in [0.1, 0.15) is 5.82 Å². The Balaban J connectivity index is 1.59. The molecule has 0 aliphatic carbocycles. The van der Waals surface area contributed by atoms with Crippen molar-refractivity contribution in [1.29, 1.82) is 0 Å². The van der Waals surface area contributed by atoms with Crippen LogP contribution >= 0.6 is 11.6 Å². The molecular weight excluding hydrogens is 458 g/mol. The maximum absolute atomic E-state index is 14.2. The Morgan fingerprint density at radius 1 is 0.939 bits per heavy atom. The van der Waals surface area contributed by atoms with Crippen molar-refractivity contribution in [2.45, 2.75) is 18.3 Å². The Kier molecular flexibility index (Phi) is 4.95. The monoisotopic (exact) mass is 473 g/mol. The summed E-state index contributed by atoms with van der Waals surface area (Å²) in [6.07, 6.45) is -2.08. The van der Waals surface area contributed by atoms with Gasteiger partial charge < -0.3 is 9.67 Å². The first-order valence-corrected chi connectivity index (χ1v) is 10.3. The molecule has 1 N–H and O–H groups in total. The number of fused-ring (bicyclic) bond motifs is 2. The number of hydrogen-bond acceptors (Lipinski definition) is 2. The molecule has 0 fully saturated rings. The van der Waals surface area contributed by atoms with Crippen LogP contribution in [0.5, 0.6) is 0 Å². The Labute approximate surface area is 190 Å². The summed E-state index contributed by atoms with van der Waals surface area (Å²) in [7, 11) is 0. The number of nitrogens with zero attached hydrogens (tertiary/aromatic N) is 3. The number of hydrogen-bond donors (Lipinski definition) is 1. The summed E-state index contributed by atoms with van der Waals surface area (Å²) < 4.78 is 58.7. The molecule has 0 radical (unpaired) electrons. The molecule has 0 amide bonds. The fourth-order valence-electron chi connectivity index (χ4n) is 3.99. The average Bonchev–Trinajstić information content (AvgIpc) is 3.38. The highest BCUT2D eigenvalue weighted by Gasteiger charge is 2.55. The minimum Gasteiger partial charge on any atom is -0.375 e. The molecule has 0 bridgehead atoms. The van der Waals surface area contributed by atoms with E-state index >= 15 is 0 Å². The summed E-state index contributed by atoms with van der Waals surface area (Å²) in [5.41, 5.74) is -1.91. The second-order valence-electron chi connectivity index (χ2n) is 7.78. The second kappa shape index (κ2) is 7.60. The average molecular weight is 474 g/mol. The summed E-state index contributed by atoms with van der Waals surface area (Å²) in [4.78, 5) is 0.